The predicted molar refractivity (Wildman–Crippen MR) is 91.8 cm³/mol. The first kappa shape index (κ1) is 16.3. The second kappa shape index (κ2) is 5.82. The molecular formula is C18H23ClN2O2. The molecule has 3 rings (SSSR count). The summed E-state index contributed by atoms with van der Waals surface area (Å²) in [6.07, 6.45) is 3.39. The van der Waals surface area contributed by atoms with Gasteiger partial charge >= 0.3 is 0 Å². The van der Waals surface area contributed by atoms with Crippen molar-refractivity contribution in [3.05, 3.63) is 29.3 Å². The minimum Gasteiger partial charge on any atom is -0.482 e. The smallest absolute Gasteiger partial charge is 0.277 e. The molecule has 2 fully saturated rings. The number of amides is 1. The van der Waals surface area contributed by atoms with E-state index in [9.17, 15) is 4.79 Å². The van der Waals surface area contributed by atoms with E-state index < -0.39 is 0 Å². The minimum absolute atomic E-state index is 0.0918. The summed E-state index contributed by atoms with van der Waals surface area (Å²) in [5.41, 5.74) is 4.11. The van der Waals surface area contributed by atoms with E-state index in [1.165, 1.54) is 6.42 Å². The zero-order valence-electron chi connectivity index (χ0n) is 13.9. The Kier molecular flexibility index (Phi) is 4.13. The van der Waals surface area contributed by atoms with E-state index in [0.717, 1.165) is 18.6 Å². The molecule has 0 heterocycles. The summed E-state index contributed by atoms with van der Waals surface area (Å²) in [6, 6.07) is 7.10. The molecule has 124 valence electrons. The average Bonchev–Trinajstić information content (AvgIpc) is 2.85. The fourth-order valence-electron chi connectivity index (χ4n) is 3.96. The van der Waals surface area contributed by atoms with E-state index >= 15 is 0 Å². The number of fused-ring (bicyclic) bond motifs is 2. The molecule has 0 aromatic heterocycles. The largest absolute Gasteiger partial charge is 0.482 e. The van der Waals surface area contributed by atoms with Gasteiger partial charge in [-0.3, -0.25) is 4.79 Å². The molecule has 0 unspecified atom stereocenters. The van der Waals surface area contributed by atoms with E-state index in [-0.39, 0.29) is 23.3 Å². The molecule has 0 aliphatic heterocycles. The van der Waals surface area contributed by atoms with Gasteiger partial charge in [-0.05, 0) is 42.7 Å². The first-order chi connectivity index (χ1) is 10.8. The third-order valence-corrected chi connectivity index (χ3v) is 6.34. The number of nitrogens with one attached hydrogen (secondary N) is 1. The Morgan fingerprint density at radius 3 is 2.74 bits per heavy atom. The van der Waals surface area contributed by atoms with Crippen LogP contribution in [0.1, 0.15) is 40.0 Å². The number of rotatable bonds is 4. The Morgan fingerprint density at radius 1 is 1.39 bits per heavy atom. The van der Waals surface area contributed by atoms with Gasteiger partial charge in [-0.25, -0.2) is 5.43 Å². The third kappa shape index (κ3) is 2.74. The van der Waals surface area contributed by atoms with Gasteiger partial charge in [0.05, 0.1) is 5.02 Å². The number of hydrogen-bond acceptors (Lipinski definition) is 3. The van der Waals surface area contributed by atoms with E-state index in [2.05, 4.69) is 31.3 Å². The molecule has 5 heteroatoms. The average molecular weight is 335 g/mol. The molecule has 0 radical (unpaired) electrons. The molecule has 2 aliphatic rings. The lowest BCUT2D eigenvalue weighted by molar-refractivity contribution is -0.123. The van der Waals surface area contributed by atoms with Gasteiger partial charge in [0.2, 0.25) is 0 Å². The normalized spacial score (nSPS) is 29.7. The lowest BCUT2D eigenvalue weighted by atomic mass is 9.70. The molecule has 1 N–H and O–H groups in total. The third-order valence-electron chi connectivity index (χ3n) is 6.02. The number of benzene rings is 1. The summed E-state index contributed by atoms with van der Waals surface area (Å²) < 4.78 is 5.43. The molecule has 2 saturated carbocycles. The molecule has 2 aliphatic carbocycles. The Hall–Kier alpha value is -1.55. The maximum atomic E-state index is 12.0. The summed E-state index contributed by atoms with van der Waals surface area (Å²) in [6.45, 7) is 6.81. The summed E-state index contributed by atoms with van der Waals surface area (Å²) in [4.78, 5) is 12.0. The van der Waals surface area contributed by atoms with E-state index in [4.69, 9.17) is 16.3 Å². The summed E-state index contributed by atoms with van der Waals surface area (Å²) in [5.74, 6) is 0.911. The maximum absolute atomic E-state index is 12.0. The highest BCUT2D eigenvalue weighted by Gasteiger charge is 2.59. The summed E-state index contributed by atoms with van der Waals surface area (Å²) >= 11 is 6.00. The van der Waals surface area contributed by atoms with Gasteiger partial charge in [0.15, 0.2) is 6.61 Å². The Labute approximate surface area is 142 Å². The number of para-hydroxylation sites is 1. The molecule has 0 spiro atoms. The van der Waals surface area contributed by atoms with E-state index in [1.54, 1.807) is 12.1 Å². The number of carbonyl (C=O) groups excluding carboxylic acids is 1. The number of nitrogens with zero attached hydrogens (tertiary/aromatic N) is 1. The topological polar surface area (TPSA) is 50.7 Å². The number of carbonyl (C=O) groups is 1. The Bertz CT molecular complexity index is 656. The fraction of sp³-hybridized carbons (Fsp3) is 0.556. The minimum atomic E-state index is -0.262. The van der Waals surface area contributed by atoms with Crippen molar-refractivity contribution < 1.29 is 9.53 Å². The molecule has 1 amide bonds. The molecule has 23 heavy (non-hydrogen) atoms. The highest BCUT2D eigenvalue weighted by Crippen LogP contribution is 2.63. The predicted octanol–water partition coefficient (Wildman–Crippen LogP) is 4.04. The molecular weight excluding hydrogens is 312 g/mol. The quantitative estimate of drug-likeness (QED) is 0.845. The molecule has 1 aromatic carbocycles. The SMILES string of the molecule is CC1(C)[C@H]2CC[C@@]1(C)/C(=N/NC(=O)COc1ccccc1Cl)C2. The fourth-order valence-corrected chi connectivity index (χ4v) is 4.15. The van der Waals surface area contributed by atoms with Gasteiger partial charge in [-0.1, -0.05) is 44.5 Å². The van der Waals surface area contributed by atoms with Crippen molar-refractivity contribution in [3.8, 4) is 5.75 Å². The van der Waals surface area contributed by atoms with Crippen molar-refractivity contribution in [2.75, 3.05) is 6.61 Å². The number of hydrogen-bond donors (Lipinski definition) is 1. The molecule has 0 saturated heterocycles. The number of halogens is 1. The van der Waals surface area contributed by atoms with E-state index in [0.29, 0.717) is 16.7 Å². The summed E-state index contributed by atoms with van der Waals surface area (Å²) in [7, 11) is 0. The second-order valence-corrected chi connectivity index (χ2v) is 7.71. The Morgan fingerprint density at radius 2 is 2.13 bits per heavy atom. The van der Waals surface area contributed by atoms with Crippen LogP contribution in [0.15, 0.2) is 29.4 Å². The Balaban J connectivity index is 1.59. The van der Waals surface area contributed by atoms with Crippen LogP contribution in [0.5, 0.6) is 5.75 Å². The van der Waals surface area contributed by atoms with Crippen molar-refractivity contribution >= 4 is 23.2 Å². The van der Waals surface area contributed by atoms with E-state index in [1.807, 2.05) is 12.1 Å². The highest BCUT2D eigenvalue weighted by molar-refractivity contribution is 6.32. The van der Waals surface area contributed by atoms with Crippen LogP contribution in [0.25, 0.3) is 0 Å². The standard InChI is InChI=1S/C18H23ClN2O2/c1-17(2)12-8-9-18(17,3)15(10-12)20-21-16(22)11-23-14-7-5-4-6-13(14)19/h4-7,12H,8-11H2,1-3H3,(H,21,22)/b20-15+/t12-,18-/m0/s1. The van der Waals surface area contributed by atoms with Crippen molar-refractivity contribution in [3.63, 3.8) is 0 Å². The van der Waals surface area contributed by atoms with Crippen molar-refractivity contribution in [2.24, 2.45) is 21.8 Å². The number of hydrazone groups is 1. The lowest BCUT2D eigenvalue weighted by Gasteiger charge is -2.34. The van der Waals surface area contributed by atoms with Crippen molar-refractivity contribution in [1.82, 2.24) is 5.43 Å². The van der Waals surface area contributed by atoms with Gasteiger partial charge in [0, 0.05) is 11.1 Å². The zero-order chi connectivity index (χ0) is 16.7. The van der Waals surface area contributed by atoms with Crippen molar-refractivity contribution in [2.45, 2.75) is 40.0 Å². The van der Waals surface area contributed by atoms with Gasteiger partial charge in [-0.2, -0.15) is 5.10 Å². The van der Waals surface area contributed by atoms with Gasteiger partial charge < -0.3 is 4.74 Å². The van der Waals surface area contributed by atoms with Gasteiger partial charge in [0.1, 0.15) is 5.75 Å². The van der Waals surface area contributed by atoms with Crippen molar-refractivity contribution in [1.29, 1.82) is 0 Å². The monoisotopic (exact) mass is 334 g/mol. The van der Waals surface area contributed by atoms with Crippen LogP contribution >= 0.6 is 11.6 Å². The van der Waals surface area contributed by atoms with Crippen LogP contribution in [0.3, 0.4) is 0 Å². The summed E-state index contributed by atoms with van der Waals surface area (Å²) in [5, 5.41) is 4.91. The van der Waals surface area contributed by atoms with Crippen LogP contribution < -0.4 is 10.2 Å². The molecule has 1 aromatic rings. The molecule has 2 bridgehead atoms. The second-order valence-electron chi connectivity index (χ2n) is 7.31. The zero-order valence-corrected chi connectivity index (χ0v) is 14.6. The first-order valence-corrected chi connectivity index (χ1v) is 8.45. The van der Waals surface area contributed by atoms with Crippen LogP contribution in [0.4, 0.5) is 0 Å². The van der Waals surface area contributed by atoms with Crippen LogP contribution in [-0.4, -0.2) is 18.2 Å². The molecule has 2 atom stereocenters. The maximum Gasteiger partial charge on any atom is 0.277 e. The van der Waals surface area contributed by atoms with Crippen LogP contribution in [-0.2, 0) is 4.79 Å². The van der Waals surface area contributed by atoms with Crippen LogP contribution in [0, 0.1) is 16.7 Å². The highest BCUT2D eigenvalue weighted by atomic mass is 35.5. The van der Waals surface area contributed by atoms with Gasteiger partial charge in [-0.15, -0.1) is 0 Å². The van der Waals surface area contributed by atoms with Gasteiger partial charge in [0.25, 0.3) is 5.91 Å². The van der Waals surface area contributed by atoms with Crippen LogP contribution in [0.2, 0.25) is 5.02 Å². The number of ether oxygens (including phenoxy) is 1. The first-order valence-electron chi connectivity index (χ1n) is 8.08. The molecule has 4 nitrogen and oxygen atoms in total. The lowest BCUT2D eigenvalue weighted by Crippen LogP contribution is -2.35.